The van der Waals surface area contributed by atoms with Crippen molar-refractivity contribution in [1.29, 1.82) is 0 Å². The SMILES string of the molecule is CC(F)CC1OC2C3CCC(C3)C2OC1C. The molecule has 0 aromatic heterocycles. The van der Waals surface area contributed by atoms with Crippen molar-refractivity contribution in [3.05, 3.63) is 0 Å². The Morgan fingerprint density at radius 1 is 1.19 bits per heavy atom. The Labute approximate surface area is 96.5 Å². The highest BCUT2D eigenvalue weighted by atomic mass is 19.1. The largest absolute Gasteiger partial charge is 0.370 e. The van der Waals surface area contributed by atoms with E-state index in [0.29, 0.717) is 24.4 Å². The highest BCUT2D eigenvalue weighted by molar-refractivity contribution is 5.01. The second kappa shape index (κ2) is 3.95. The third kappa shape index (κ3) is 1.68. The quantitative estimate of drug-likeness (QED) is 0.723. The van der Waals surface area contributed by atoms with Crippen LogP contribution in [0.25, 0.3) is 0 Å². The first kappa shape index (κ1) is 11.0. The van der Waals surface area contributed by atoms with Crippen LogP contribution in [0.1, 0.15) is 39.5 Å². The maximum absolute atomic E-state index is 13.1. The summed E-state index contributed by atoms with van der Waals surface area (Å²) in [4.78, 5) is 0. The molecule has 1 heterocycles. The van der Waals surface area contributed by atoms with Gasteiger partial charge in [0.05, 0.1) is 30.6 Å². The van der Waals surface area contributed by atoms with Crippen LogP contribution in [0, 0.1) is 11.8 Å². The maximum Gasteiger partial charge on any atom is 0.0999 e. The third-order valence-electron chi connectivity index (χ3n) is 4.55. The second-order valence-electron chi connectivity index (χ2n) is 5.79. The molecule has 2 bridgehead atoms. The van der Waals surface area contributed by atoms with Crippen LogP contribution in [0.15, 0.2) is 0 Å². The fraction of sp³-hybridized carbons (Fsp3) is 1.00. The van der Waals surface area contributed by atoms with E-state index in [0.717, 1.165) is 0 Å². The topological polar surface area (TPSA) is 18.5 Å². The van der Waals surface area contributed by atoms with E-state index in [1.54, 1.807) is 6.92 Å². The zero-order valence-corrected chi connectivity index (χ0v) is 10.1. The van der Waals surface area contributed by atoms with Gasteiger partial charge in [0.2, 0.25) is 0 Å². The van der Waals surface area contributed by atoms with E-state index in [4.69, 9.17) is 9.47 Å². The van der Waals surface area contributed by atoms with Crippen molar-refractivity contribution >= 4 is 0 Å². The van der Waals surface area contributed by atoms with Crippen LogP contribution in [0.5, 0.6) is 0 Å². The summed E-state index contributed by atoms with van der Waals surface area (Å²) in [6.07, 6.45) is 4.10. The van der Waals surface area contributed by atoms with Gasteiger partial charge in [0, 0.05) is 6.42 Å². The molecule has 2 aliphatic carbocycles. The van der Waals surface area contributed by atoms with Crippen LogP contribution in [0.4, 0.5) is 4.39 Å². The summed E-state index contributed by atoms with van der Waals surface area (Å²) in [5.74, 6) is 1.39. The van der Waals surface area contributed by atoms with Gasteiger partial charge in [-0.15, -0.1) is 0 Å². The first-order valence-corrected chi connectivity index (χ1v) is 6.60. The summed E-state index contributed by atoms with van der Waals surface area (Å²) in [7, 11) is 0. The zero-order valence-electron chi connectivity index (χ0n) is 10.1. The van der Waals surface area contributed by atoms with Gasteiger partial charge in [-0.3, -0.25) is 0 Å². The molecule has 0 radical (unpaired) electrons. The van der Waals surface area contributed by atoms with Crippen molar-refractivity contribution in [1.82, 2.24) is 0 Å². The molecule has 1 aliphatic heterocycles. The van der Waals surface area contributed by atoms with Gasteiger partial charge in [0.25, 0.3) is 0 Å². The molecule has 3 fully saturated rings. The van der Waals surface area contributed by atoms with Crippen molar-refractivity contribution in [2.24, 2.45) is 11.8 Å². The van der Waals surface area contributed by atoms with Crippen molar-refractivity contribution in [3.63, 3.8) is 0 Å². The van der Waals surface area contributed by atoms with Crippen molar-refractivity contribution in [3.8, 4) is 0 Å². The van der Waals surface area contributed by atoms with Gasteiger partial charge < -0.3 is 9.47 Å². The number of ether oxygens (including phenoxy) is 2. The van der Waals surface area contributed by atoms with Crippen molar-refractivity contribution < 1.29 is 13.9 Å². The minimum absolute atomic E-state index is 0.0411. The lowest BCUT2D eigenvalue weighted by atomic mass is 9.92. The molecule has 7 unspecified atom stereocenters. The predicted molar refractivity (Wildman–Crippen MR) is 59.0 cm³/mol. The molecule has 16 heavy (non-hydrogen) atoms. The molecular weight excluding hydrogens is 207 g/mol. The van der Waals surface area contributed by atoms with Crippen LogP contribution in [0.3, 0.4) is 0 Å². The van der Waals surface area contributed by atoms with Gasteiger partial charge in [-0.2, -0.15) is 0 Å². The van der Waals surface area contributed by atoms with Crippen LogP contribution in [0.2, 0.25) is 0 Å². The van der Waals surface area contributed by atoms with E-state index in [1.165, 1.54) is 19.3 Å². The van der Waals surface area contributed by atoms with Gasteiger partial charge in [0.15, 0.2) is 0 Å². The Bertz CT molecular complexity index is 269. The minimum Gasteiger partial charge on any atom is -0.370 e. The maximum atomic E-state index is 13.1. The lowest BCUT2D eigenvalue weighted by Crippen LogP contribution is -2.51. The Hall–Kier alpha value is -0.150. The lowest BCUT2D eigenvalue weighted by molar-refractivity contribution is -0.231. The smallest absolute Gasteiger partial charge is 0.0999 e. The molecule has 1 saturated heterocycles. The highest BCUT2D eigenvalue weighted by Crippen LogP contribution is 2.50. The van der Waals surface area contributed by atoms with Gasteiger partial charge in [-0.1, -0.05) is 0 Å². The van der Waals surface area contributed by atoms with Gasteiger partial charge in [-0.25, -0.2) is 4.39 Å². The van der Waals surface area contributed by atoms with E-state index < -0.39 is 6.17 Å². The zero-order chi connectivity index (χ0) is 11.3. The van der Waals surface area contributed by atoms with Gasteiger partial charge in [-0.05, 0) is 44.9 Å². The highest BCUT2D eigenvalue weighted by Gasteiger charge is 2.53. The molecule has 0 aromatic carbocycles. The molecule has 0 amide bonds. The molecule has 2 nitrogen and oxygen atoms in total. The normalized spacial score (nSPS) is 52.7. The predicted octanol–water partition coefficient (Wildman–Crippen LogP) is 2.71. The van der Waals surface area contributed by atoms with E-state index in [9.17, 15) is 4.39 Å². The van der Waals surface area contributed by atoms with Gasteiger partial charge >= 0.3 is 0 Å². The molecule has 0 aromatic rings. The number of rotatable bonds is 2. The Kier molecular flexibility index (Phi) is 2.71. The summed E-state index contributed by atoms with van der Waals surface area (Å²) in [5.41, 5.74) is 0. The Morgan fingerprint density at radius 3 is 2.44 bits per heavy atom. The Morgan fingerprint density at radius 2 is 1.81 bits per heavy atom. The summed E-state index contributed by atoms with van der Waals surface area (Å²) < 4.78 is 25.2. The number of fused-ring (bicyclic) bond motifs is 5. The number of hydrogen-bond acceptors (Lipinski definition) is 2. The third-order valence-corrected chi connectivity index (χ3v) is 4.55. The van der Waals surface area contributed by atoms with E-state index in [-0.39, 0.29) is 18.3 Å². The molecule has 0 spiro atoms. The Balaban J connectivity index is 1.69. The number of alkyl halides is 1. The average molecular weight is 228 g/mol. The molecule has 92 valence electrons. The molecule has 2 saturated carbocycles. The molecule has 3 heteroatoms. The van der Waals surface area contributed by atoms with Crippen molar-refractivity contribution in [2.45, 2.75) is 70.1 Å². The minimum atomic E-state index is -0.800. The second-order valence-corrected chi connectivity index (χ2v) is 5.79. The fourth-order valence-corrected chi connectivity index (χ4v) is 3.78. The van der Waals surface area contributed by atoms with E-state index in [2.05, 4.69) is 0 Å². The molecule has 3 rings (SSSR count). The number of halogens is 1. The summed E-state index contributed by atoms with van der Waals surface area (Å²) >= 11 is 0. The fourth-order valence-electron chi connectivity index (χ4n) is 3.78. The van der Waals surface area contributed by atoms with E-state index in [1.807, 2.05) is 6.92 Å². The summed E-state index contributed by atoms with van der Waals surface area (Å²) in [6.45, 7) is 3.62. The summed E-state index contributed by atoms with van der Waals surface area (Å²) in [6, 6.07) is 0. The van der Waals surface area contributed by atoms with Gasteiger partial charge in [0.1, 0.15) is 0 Å². The van der Waals surface area contributed by atoms with Crippen molar-refractivity contribution in [2.75, 3.05) is 0 Å². The summed E-state index contributed by atoms with van der Waals surface area (Å²) in [5, 5.41) is 0. The number of hydrogen-bond donors (Lipinski definition) is 0. The molecule has 3 aliphatic rings. The molecule has 0 N–H and O–H groups in total. The van der Waals surface area contributed by atoms with Crippen LogP contribution in [-0.2, 0) is 9.47 Å². The van der Waals surface area contributed by atoms with E-state index >= 15 is 0 Å². The standard InChI is InChI=1S/C13H21FO2/c1-7(14)5-11-8(2)15-12-9-3-4-10(6-9)13(12)16-11/h7-13H,3-6H2,1-2H3. The first-order chi connectivity index (χ1) is 7.65. The van der Waals surface area contributed by atoms with Crippen LogP contribution in [-0.4, -0.2) is 30.6 Å². The van der Waals surface area contributed by atoms with Crippen LogP contribution >= 0.6 is 0 Å². The average Bonchev–Trinajstić information content (AvgIpc) is 2.79. The first-order valence-electron chi connectivity index (χ1n) is 6.60. The lowest BCUT2D eigenvalue weighted by Gasteiger charge is -2.43. The monoisotopic (exact) mass is 228 g/mol. The van der Waals surface area contributed by atoms with Crippen LogP contribution < -0.4 is 0 Å². The molecule has 7 atom stereocenters. The molecular formula is C13H21FO2.